The molecule has 5 N–H and O–H groups in total. The fourth-order valence-corrected chi connectivity index (χ4v) is 1.32. The quantitative estimate of drug-likeness (QED) is 0.313. The zero-order valence-electron chi connectivity index (χ0n) is 9.70. The predicted molar refractivity (Wildman–Crippen MR) is 65.2 cm³/mol. The largest absolute Gasteiger partial charge is 0.481 e. The van der Waals surface area contributed by atoms with Crippen LogP contribution in [0.3, 0.4) is 0 Å². The molecule has 2 amide bonds. The zero-order valence-corrected chi connectivity index (χ0v) is 10.6. The van der Waals surface area contributed by atoms with Crippen LogP contribution in [-0.4, -0.2) is 57.1 Å². The number of carboxylic acid groups (broad SMARTS) is 3. The number of carbonyl (C=O) groups excluding carboxylic acids is 1. The van der Waals surface area contributed by atoms with E-state index in [1.165, 1.54) is 0 Å². The van der Waals surface area contributed by atoms with Crippen LogP contribution in [0.2, 0.25) is 0 Å². The van der Waals surface area contributed by atoms with Crippen LogP contribution < -0.4 is 10.6 Å². The second-order valence-electron chi connectivity index (χ2n) is 3.51. The molecule has 0 fully saturated rings. The Morgan fingerprint density at radius 2 is 1.42 bits per heavy atom. The Labute approximate surface area is 113 Å². The smallest absolute Gasteiger partial charge is 0.327 e. The molecule has 2 atom stereocenters. The van der Waals surface area contributed by atoms with Crippen LogP contribution in [0, 0.1) is 0 Å². The van der Waals surface area contributed by atoms with Crippen molar-refractivity contribution in [2.45, 2.75) is 24.9 Å². The lowest BCUT2D eigenvalue weighted by atomic mass is 10.1. The third-order valence-corrected chi connectivity index (χ3v) is 2.40. The van der Waals surface area contributed by atoms with E-state index in [0.29, 0.717) is 0 Å². The Hall–Kier alpha value is -1.97. The van der Waals surface area contributed by atoms with Crippen LogP contribution in [0.4, 0.5) is 4.79 Å². The summed E-state index contributed by atoms with van der Waals surface area (Å²) < 4.78 is 0. The molecule has 0 aliphatic rings. The van der Waals surface area contributed by atoms with Gasteiger partial charge in [-0.1, -0.05) is 0 Å². The van der Waals surface area contributed by atoms with Gasteiger partial charge in [0.1, 0.15) is 12.1 Å². The molecule has 0 aromatic heterocycles. The number of hydrogen-bond acceptors (Lipinski definition) is 5. The van der Waals surface area contributed by atoms with Crippen LogP contribution in [0.5, 0.6) is 0 Å². The Balaban J connectivity index is 4.42. The third-order valence-electron chi connectivity index (χ3n) is 2.04. The van der Waals surface area contributed by atoms with Crippen molar-refractivity contribution in [1.29, 1.82) is 0 Å². The van der Waals surface area contributed by atoms with Crippen molar-refractivity contribution in [1.82, 2.24) is 10.6 Å². The van der Waals surface area contributed by atoms with Gasteiger partial charge in [0.15, 0.2) is 0 Å². The van der Waals surface area contributed by atoms with Gasteiger partial charge in [0.25, 0.3) is 0 Å². The SMILES string of the molecule is O=C(O)CC[C@H](NC(=O)N[C@@H](CS)C(=O)O)C(=O)O. The topological polar surface area (TPSA) is 153 Å². The Kier molecular flexibility index (Phi) is 7.34. The lowest BCUT2D eigenvalue weighted by Crippen LogP contribution is -2.51. The van der Waals surface area contributed by atoms with Crippen LogP contribution in [0.15, 0.2) is 0 Å². The minimum absolute atomic E-state index is 0.171. The lowest BCUT2D eigenvalue weighted by Gasteiger charge is -2.16. The molecule has 0 bridgehead atoms. The number of rotatable bonds is 8. The first kappa shape index (κ1) is 17.0. The number of thiol groups is 1. The normalized spacial score (nSPS) is 13.1. The van der Waals surface area contributed by atoms with Gasteiger partial charge < -0.3 is 26.0 Å². The van der Waals surface area contributed by atoms with E-state index in [9.17, 15) is 19.2 Å². The van der Waals surface area contributed by atoms with Crippen molar-refractivity contribution in [2.75, 3.05) is 5.75 Å². The van der Waals surface area contributed by atoms with E-state index in [1.807, 2.05) is 10.6 Å². The average molecular weight is 294 g/mol. The molecule has 0 aliphatic heterocycles. The molecule has 0 saturated heterocycles. The maximum Gasteiger partial charge on any atom is 0.327 e. The Bertz CT molecular complexity index is 374. The first-order chi connectivity index (χ1) is 8.77. The number of urea groups is 1. The number of carbonyl (C=O) groups is 4. The van der Waals surface area contributed by atoms with E-state index in [0.717, 1.165) is 0 Å². The van der Waals surface area contributed by atoms with Gasteiger partial charge in [-0.15, -0.1) is 0 Å². The molecule has 0 saturated carbocycles. The highest BCUT2D eigenvalue weighted by Gasteiger charge is 2.23. The minimum Gasteiger partial charge on any atom is -0.481 e. The molecule has 10 heteroatoms. The second-order valence-corrected chi connectivity index (χ2v) is 3.88. The highest BCUT2D eigenvalue weighted by atomic mass is 32.1. The molecule has 19 heavy (non-hydrogen) atoms. The highest BCUT2D eigenvalue weighted by Crippen LogP contribution is 1.98. The monoisotopic (exact) mass is 294 g/mol. The van der Waals surface area contributed by atoms with Crippen molar-refractivity contribution < 1.29 is 34.5 Å². The van der Waals surface area contributed by atoms with E-state index in [-0.39, 0.29) is 12.2 Å². The first-order valence-electron chi connectivity index (χ1n) is 5.13. The summed E-state index contributed by atoms with van der Waals surface area (Å²) in [6.45, 7) is 0. The van der Waals surface area contributed by atoms with E-state index >= 15 is 0 Å². The maximum absolute atomic E-state index is 11.3. The zero-order chi connectivity index (χ0) is 15.0. The molecule has 9 nitrogen and oxygen atoms in total. The van der Waals surface area contributed by atoms with Gasteiger partial charge in [-0.05, 0) is 6.42 Å². The van der Waals surface area contributed by atoms with E-state index in [4.69, 9.17) is 15.3 Å². The number of amides is 2. The summed E-state index contributed by atoms with van der Waals surface area (Å²) in [6.07, 6.45) is -0.747. The summed E-state index contributed by atoms with van der Waals surface area (Å²) in [6, 6.07) is -3.69. The fraction of sp³-hybridized carbons (Fsp3) is 0.556. The molecule has 0 rings (SSSR count). The number of hydrogen-bond donors (Lipinski definition) is 6. The average Bonchev–Trinajstić information content (AvgIpc) is 2.30. The lowest BCUT2D eigenvalue weighted by molar-refractivity contribution is -0.140. The molecule has 0 heterocycles. The van der Waals surface area contributed by atoms with E-state index in [1.54, 1.807) is 0 Å². The van der Waals surface area contributed by atoms with Crippen LogP contribution in [0.1, 0.15) is 12.8 Å². The van der Waals surface area contributed by atoms with Gasteiger partial charge in [0.05, 0.1) is 0 Å². The molecule has 0 spiro atoms. The Morgan fingerprint density at radius 3 is 1.79 bits per heavy atom. The number of carboxylic acids is 3. The molecule has 0 radical (unpaired) electrons. The molecule has 0 unspecified atom stereocenters. The summed E-state index contributed by atoms with van der Waals surface area (Å²) in [5, 5.41) is 29.8. The Morgan fingerprint density at radius 1 is 0.947 bits per heavy atom. The summed E-state index contributed by atoms with van der Waals surface area (Å²) >= 11 is 3.71. The van der Waals surface area contributed by atoms with Crippen LogP contribution >= 0.6 is 12.6 Å². The fourth-order valence-electron chi connectivity index (χ4n) is 1.07. The van der Waals surface area contributed by atoms with Gasteiger partial charge in [-0.3, -0.25) is 4.79 Å². The number of nitrogens with one attached hydrogen (secondary N) is 2. The standard InChI is InChI=1S/C9H14N2O7S/c12-6(13)2-1-4(7(14)15)10-9(18)11-5(3-19)8(16)17/h4-5,19H,1-3H2,(H,12,13)(H,14,15)(H,16,17)(H2,10,11,18)/t4-,5-/m0/s1. The van der Waals surface area contributed by atoms with Crippen molar-refractivity contribution in [3.63, 3.8) is 0 Å². The molecular weight excluding hydrogens is 280 g/mol. The van der Waals surface area contributed by atoms with Crippen molar-refractivity contribution in [2.24, 2.45) is 0 Å². The highest BCUT2D eigenvalue weighted by molar-refractivity contribution is 7.80. The van der Waals surface area contributed by atoms with Crippen LogP contribution in [0.25, 0.3) is 0 Å². The summed E-state index contributed by atoms with van der Waals surface area (Å²) in [5.41, 5.74) is 0. The molecule has 0 aromatic rings. The van der Waals surface area contributed by atoms with Crippen molar-refractivity contribution in [3.05, 3.63) is 0 Å². The first-order valence-corrected chi connectivity index (χ1v) is 5.76. The van der Waals surface area contributed by atoms with E-state index < -0.39 is 42.4 Å². The van der Waals surface area contributed by atoms with Gasteiger partial charge >= 0.3 is 23.9 Å². The molecule has 108 valence electrons. The third kappa shape index (κ3) is 7.13. The molecular formula is C9H14N2O7S. The van der Waals surface area contributed by atoms with Gasteiger partial charge in [-0.2, -0.15) is 12.6 Å². The second kappa shape index (κ2) is 8.19. The van der Waals surface area contributed by atoms with Gasteiger partial charge in [-0.25, -0.2) is 14.4 Å². The van der Waals surface area contributed by atoms with Crippen molar-refractivity contribution in [3.8, 4) is 0 Å². The van der Waals surface area contributed by atoms with Crippen molar-refractivity contribution >= 4 is 36.6 Å². The maximum atomic E-state index is 11.3. The van der Waals surface area contributed by atoms with Gasteiger partial charge in [0.2, 0.25) is 0 Å². The summed E-state index contributed by atoms with van der Waals surface area (Å²) in [7, 11) is 0. The molecule has 0 aliphatic carbocycles. The molecule has 0 aromatic carbocycles. The van der Waals surface area contributed by atoms with E-state index in [2.05, 4.69) is 12.6 Å². The van der Waals surface area contributed by atoms with Gasteiger partial charge in [0, 0.05) is 12.2 Å². The summed E-state index contributed by atoms with van der Waals surface area (Å²) in [5.74, 6) is -4.10. The number of aliphatic carboxylic acids is 3. The predicted octanol–water partition coefficient (Wildman–Crippen LogP) is -1.01. The minimum atomic E-state index is -1.41. The van der Waals surface area contributed by atoms with Crippen LogP contribution in [-0.2, 0) is 14.4 Å². The summed E-state index contributed by atoms with van der Waals surface area (Å²) in [4.78, 5) is 43.0.